The second-order valence-corrected chi connectivity index (χ2v) is 12.3. The van der Waals surface area contributed by atoms with E-state index >= 15 is 0 Å². The topological polar surface area (TPSA) is 40.5 Å². The summed E-state index contributed by atoms with van der Waals surface area (Å²) < 4.78 is 0. The molecule has 0 aliphatic heterocycles. The standard InChI is InChI=1S/C27H44O2/c1-17(25(29)11-6-18-4-5-18)22-9-10-23-21-8-7-19-16-20(28)12-14-26(19,2)24(21)13-15-27(22,23)3/h7,17-18,20-25,28-29H,4-6,8-16H2,1-3H3. The Morgan fingerprint density at radius 2 is 1.83 bits per heavy atom. The number of hydrogen-bond donors (Lipinski definition) is 2. The fraction of sp³-hybridized carbons (Fsp3) is 0.926. The molecule has 0 spiro atoms. The van der Waals surface area contributed by atoms with Crippen molar-refractivity contribution < 1.29 is 10.2 Å². The molecule has 0 aromatic heterocycles. The van der Waals surface area contributed by atoms with E-state index in [9.17, 15) is 10.2 Å². The van der Waals surface area contributed by atoms with E-state index in [2.05, 4.69) is 26.8 Å². The zero-order valence-electron chi connectivity index (χ0n) is 19.1. The summed E-state index contributed by atoms with van der Waals surface area (Å²) in [6.45, 7) is 7.49. The van der Waals surface area contributed by atoms with Gasteiger partial charge >= 0.3 is 0 Å². The number of rotatable bonds is 5. The molecular formula is C27H44O2. The molecule has 5 rings (SSSR count). The highest BCUT2D eigenvalue weighted by Crippen LogP contribution is 2.67. The molecule has 9 atom stereocenters. The van der Waals surface area contributed by atoms with Gasteiger partial charge < -0.3 is 10.2 Å². The van der Waals surface area contributed by atoms with Crippen molar-refractivity contribution in [1.29, 1.82) is 0 Å². The van der Waals surface area contributed by atoms with Crippen LogP contribution < -0.4 is 0 Å². The Hall–Kier alpha value is -0.340. The van der Waals surface area contributed by atoms with Crippen LogP contribution in [0.1, 0.15) is 97.8 Å². The number of fused-ring (bicyclic) bond motifs is 5. The summed E-state index contributed by atoms with van der Waals surface area (Å²) in [7, 11) is 0. The van der Waals surface area contributed by atoms with Crippen LogP contribution in [0.25, 0.3) is 0 Å². The van der Waals surface area contributed by atoms with Gasteiger partial charge in [0.05, 0.1) is 12.2 Å². The summed E-state index contributed by atoms with van der Waals surface area (Å²) in [6, 6.07) is 0. The van der Waals surface area contributed by atoms with Crippen LogP contribution in [-0.2, 0) is 0 Å². The summed E-state index contributed by atoms with van der Waals surface area (Å²) in [4.78, 5) is 0. The molecule has 0 radical (unpaired) electrons. The number of allylic oxidation sites excluding steroid dienone is 1. The molecule has 0 aromatic carbocycles. The molecule has 0 heterocycles. The molecule has 2 N–H and O–H groups in total. The van der Waals surface area contributed by atoms with Gasteiger partial charge in [0.25, 0.3) is 0 Å². The van der Waals surface area contributed by atoms with Crippen LogP contribution in [0.5, 0.6) is 0 Å². The fourth-order valence-corrected chi connectivity index (χ4v) is 8.89. The van der Waals surface area contributed by atoms with Crippen LogP contribution in [0.3, 0.4) is 0 Å². The second-order valence-electron chi connectivity index (χ2n) is 12.3. The molecule has 4 fully saturated rings. The first-order chi connectivity index (χ1) is 13.8. The zero-order valence-corrected chi connectivity index (χ0v) is 19.1. The summed E-state index contributed by atoms with van der Waals surface area (Å²) in [5, 5.41) is 21.2. The van der Waals surface area contributed by atoms with Crippen LogP contribution in [0.2, 0.25) is 0 Å². The van der Waals surface area contributed by atoms with Crippen LogP contribution in [-0.4, -0.2) is 22.4 Å². The predicted octanol–water partition coefficient (Wildman–Crippen LogP) is 6.11. The molecule has 0 saturated heterocycles. The molecule has 2 heteroatoms. The maximum Gasteiger partial charge on any atom is 0.0577 e. The Kier molecular flexibility index (Phi) is 5.22. The molecule has 0 aromatic rings. The monoisotopic (exact) mass is 400 g/mol. The van der Waals surface area contributed by atoms with Gasteiger partial charge in [0.1, 0.15) is 0 Å². The van der Waals surface area contributed by atoms with Crippen molar-refractivity contribution in [2.75, 3.05) is 0 Å². The van der Waals surface area contributed by atoms with Crippen LogP contribution in [0.15, 0.2) is 11.6 Å². The normalized spacial score (nSPS) is 48.9. The maximum atomic E-state index is 11.0. The summed E-state index contributed by atoms with van der Waals surface area (Å²) in [5.41, 5.74) is 2.35. The average Bonchev–Trinajstić information content (AvgIpc) is 3.46. The lowest BCUT2D eigenvalue weighted by Gasteiger charge is -2.58. The quantitative estimate of drug-likeness (QED) is 0.546. The Morgan fingerprint density at radius 3 is 2.59 bits per heavy atom. The molecule has 5 aliphatic carbocycles. The lowest BCUT2D eigenvalue weighted by atomic mass is 9.47. The fourth-order valence-electron chi connectivity index (χ4n) is 8.89. The van der Waals surface area contributed by atoms with Crippen molar-refractivity contribution in [3.63, 3.8) is 0 Å². The van der Waals surface area contributed by atoms with Crippen LogP contribution in [0.4, 0.5) is 0 Å². The first kappa shape index (κ1) is 20.6. The van der Waals surface area contributed by atoms with Crippen LogP contribution >= 0.6 is 0 Å². The molecule has 9 unspecified atom stereocenters. The van der Waals surface area contributed by atoms with E-state index in [0.29, 0.717) is 22.7 Å². The average molecular weight is 401 g/mol. The largest absolute Gasteiger partial charge is 0.393 e. The van der Waals surface area contributed by atoms with Gasteiger partial charge in [0.2, 0.25) is 0 Å². The highest BCUT2D eigenvalue weighted by atomic mass is 16.3. The first-order valence-corrected chi connectivity index (χ1v) is 12.9. The highest BCUT2D eigenvalue weighted by molar-refractivity contribution is 5.25. The molecule has 2 nitrogen and oxygen atoms in total. The molecule has 4 saturated carbocycles. The van der Waals surface area contributed by atoms with E-state index < -0.39 is 0 Å². The molecule has 5 aliphatic rings. The van der Waals surface area contributed by atoms with E-state index in [-0.39, 0.29) is 12.2 Å². The minimum absolute atomic E-state index is 0.0934. The summed E-state index contributed by atoms with van der Waals surface area (Å²) >= 11 is 0. The molecule has 0 amide bonds. The lowest BCUT2D eigenvalue weighted by Crippen LogP contribution is -2.51. The SMILES string of the molecule is CC(C(O)CCC1CC1)C1CCC2C3CC=C4CC(O)CCC4(C)C3CCC12C. The minimum atomic E-state index is -0.103. The van der Waals surface area contributed by atoms with Crippen molar-refractivity contribution in [1.82, 2.24) is 0 Å². The van der Waals surface area contributed by atoms with Gasteiger partial charge in [-0.15, -0.1) is 0 Å². The van der Waals surface area contributed by atoms with Gasteiger partial charge in [-0.05, 0) is 111 Å². The predicted molar refractivity (Wildman–Crippen MR) is 118 cm³/mol. The van der Waals surface area contributed by atoms with E-state index in [1.807, 2.05) is 0 Å². The third-order valence-electron chi connectivity index (χ3n) is 11.0. The third kappa shape index (κ3) is 3.36. The van der Waals surface area contributed by atoms with Gasteiger partial charge in [0.15, 0.2) is 0 Å². The minimum Gasteiger partial charge on any atom is -0.393 e. The molecule has 0 bridgehead atoms. The Balaban J connectivity index is 1.32. The molecule has 164 valence electrons. The van der Waals surface area contributed by atoms with Gasteiger partial charge in [-0.2, -0.15) is 0 Å². The Bertz CT molecular complexity index is 651. The van der Waals surface area contributed by atoms with E-state index in [4.69, 9.17) is 0 Å². The van der Waals surface area contributed by atoms with Gasteiger partial charge in [-0.1, -0.05) is 45.3 Å². The Labute approximate surface area is 178 Å². The van der Waals surface area contributed by atoms with E-state index in [1.165, 1.54) is 57.8 Å². The summed E-state index contributed by atoms with van der Waals surface area (Å²) in [5.74, 6) is 4.58. The van der Waals surface area contributed by atoms with E-state index in [1.54, 1.807) is 5.57 Å². The number of aliphatic hydroxyl groups is 2. The highest BCUT2D eigenvalue weighted by Gasteiger charge is 2.59. The zero-order chi connectivity index (χ0) is 20.4. The van der Waals surface area contributed by atoms with Crippen LogP contribution in [0, 0.1) is 46.3 Å². The Morgan fingerprint density at radius 1 is 1.03 bits per heavy atom. The van der Waals surface area contributed by atoms with E-state index in [0.717, 1.165) is 42.9 Å². The number of hydrogen-bond acceptors (Lipinski definition) is 2. The smallest absolute Gasteiger partial charge is 0.0577 e. The molecule has 29 heavy (non-hydrogen) atoms. The van der Waals surface area contributed by atoms with Gasteiger partial charge in [-0.25, -0.2) is 0 Å². The summed E-state index contributed by atoms with van der Waals surface area (Å²) in [6.07, 6.45) is 17.2. The maximum absolute atomic E-state index is 11.0. The first-order valence-electron chi connectivity index (χ1n) is 12.9. The lowest BCUT2D eigenvalue weighted by molar-refractivity contribution is -0.0680. The van der Waals surface area contributed by atoms with Crippen molar-refractivity contribution in [3.8, 4) is 0 Å². The van der Waals surface area contributed by atoms with Crippen molar-refractivity contribution in [2.45, 2.75) is 110 Å². The van der Waals surface area contributed by atoms with Crippen molar-refractivity contribution in [2.24, 2.45) is 46.3 Å². The van der Waals surface area contributed by atoms with Gasteiger partial charge in [0, 0.05) is 0 Å². The molecular weight excluding hydrogens is 356 g/mol. The van der Waals surface area contributed by atoms with Gasteiger partial charge in [-0.3, -0.25) is 0 Å². The number of aliphatic hydroxyl groups excluding tert-OH is 2. The third-order valence-corrected chi connectivity index (χ3v) is 11.0. The van der Waals surface area contributed by atoms with Crippen molar-refractivity contribution >= 4 is 0 Å². The second kappa shape index (κ2) is 7.37. The van der Waals surface area contributed by atoms with Crippen molar-refractivity contribution in [3.05, 3.63) is 11.6 Å².